The lowest BCUT2D eigenvalue weighted by Crippen LogP contribution is -2.29. The zero-order chi connectivity index (χ0) is 23.1. The molecule has 0 bridgehead atoms. The number of carbonyl (C=O) groups excluding carboxylic acids is 1. The first-order valence-corrected chi connectivity index (χ1v) is 10.3. The van der Waals surface area contributed by atoms with Gasteiger partial charge in [-0.1, -0.05) is 47.5 Å². The number of carboxylic acids is 1. The Hall–Kier alpha value is -2.80. The molecule has 2 aromatic rings. The Morgan fingerprint density at radius 2 is 1.71 bits per heavy atom. The van der Waals surface area contributed by atoms with Crippen LogP contribution in [0.2, 0.25) is 10.0 Å². The second-order valence-corrected chi connectivity index (χ2v) is 7.96. The van der Waals surface area contributed by atoms with Crippen LogP contribution in [-0.4, -0.2) is 22.0 Å². The highest BCUT2D eigenvalue weighted by atomic mass is 35.5. The minimum absolute atomic E-state index is 0.0145. The van der Waals surface area contributed by atoms with E-state index in [1.54, 1.807) is 29.3 Å². The summed E-state index contributed by atoms with van der Waals surface area (Å²) in [6.07, 6.45) is 0.379. The van der Waals surface area contributed by atoms with E-state index in [9.17, 15) is 9.59 Å². The number of benzene rings is 2. The fourth-order valence-corrected chi connectivity index (χ4v) is 3.26. The predicted molar refractivity (Wildman–Crippen MR) is 125 cm³/mol. The number of carbonyl (C=O) groups is 2. The molecule has 8 heteroatoms. The van der Waals surface area contributed by atoms with Crippen LogP contribution in [0.25, 0.3) is 0 Å². The van der Waals surface area contributed by atoms with E-state index >= 15 is 0 Å². The number of hydrogen-bond acceptors (Lipinski definition) is 4. The Kier molecular flexibility index (Phi) is 8.68. The molecule has 0 saturated heterocycles. The molecule has 0 unspecified atom stereocenters. The molecule has 31 heavy (non-hydrogen) atoms. The average molecular weight is 462 g/mol. The maximum Gasteiger partial charge on any atom is 0.303 e. The maximum atomic E-state index is 12.4. The van der Waals surface area contributed by atoms with Gasteiger partial charge in [0, 0.05) is 23.4 Å². The number of nitrogens with two attached hydrogens (primary N) is 1. The van der Waals surface area contributed by atoms with Gasteiger partial charge in [-0.05, 0) is 61.7 Å². The van der Waals surface area contributed by atoms with Gasteiger partial charge in [-0.2, -0.15) is 0 Å². The number of halogens is 2. The Morgan fingerprint density at radius 3 is 2.26 bits per heavy atom. The molecule has 0 aliphatic carbocycles. The Bertz CT molecular complexity index is 1020. The van der Waals surface area contributed by atoms with E-state index < -0.39 is 5.97 Å². The van der Waals surface area contributed by atoms with Crippen molar-refractivity contribution in [3.05, 3.63) is 87.1 Å². The normalized spacial score (nSPS) is 11.5. The number of nitrogens with one attached hydrogen (secondary N) is 1. The van der Waals surface area contributed by atoms with E-state index in [1.807, 2.05) is 26.0 Å². The lowest BCUT2D eigenvalue weighted by atomic mass is 10.0. The van der Waals surface area contributed by atoms with Gasteiger partial charge in [0.05, 0.1) is 16.6 Å². The van der Waals surface area contributed by atoms with E-state index in [2.05, 4.69) is 11.9 Å². The third kappa shape index (κ3) is 7.14. The van der Waals surface area contributed by atoms with E-state index in [4.69, 9.17) is 34.2 Å². The van der Waals surface area contributed by atoms with E-state index in [0.717, 1.165) is 22.4 Å². The SMILES string of the molecule is C=C(C)/C(CCC(=O)O)=C(/C)N(N)Cc1ccc(NC(=O)c2ccc(Cl)c(Cl)c2)cc1. The molecule has 1 amide bonds. The molecule has 6 nitrogen and oxygen atoms in total. The van der Waals surface area contributed by atoms with Crippen LogP contribution >= 0.6 is 23.2 Å². The Balaban J connectivity index is 2.06. The molecule has 0 aromatic heterocycles. The summed E-state index contributed by atoms with van der Waals surface area (Å²) in [5, 5.41) is 14.0. The van der Waals surface area contributed by atoms with Crippen molar-refractivity contribution in [2.45, 2.75) is 33.2 Å². The minimum Gasteiger partial charge on any atom is -0.481 e. The topological polar surface area (TPSA) is 95.7 Å². The molecule has 0 aliphatic heterocycles. The van der Waals surface area contributed by atoms with Crippen LogP contribution in [0, 0.1) is 0 Å². The van der Waals surface area contributed by atoms with Crippen molar-refractivity contribution in [2.24, 2.45) is 5.84 Å². The molecule has 0 spiro atoms. The maximum absolute atomic E-state index is 12.4. The lowest BCUT2D eigenvalue weighted by molar-refractivity contribution is -0.136. The number of nitrogens with zero attached hydrogens (tertiary/aromatic N) is 1. The van der Waals surface area contributed by atoms with Crippen molar-refractivity contribution in [2.75, 3.05) is 5.32 Å². The minimum atomic E-state index is -0.867. The first-order valence-electron chi connectivity index (χ1n) is 9.53. The van der Waals surface area contributed by atoms with Gasteiger partial charge in [-0.3, -0.25) is 9.59 Å². The van der Waals surface area contributed by atoms with E-state index in [-0.39, 0.29) is 12.3 Å². The molecule has 164 valence electrons. The van der Waals surface area contributed by atoms with Crippen LogP contribution in [0.15, 0.2) is 65.9 Å². The van der Waals surface area contributed by atoms with Gasteiger partial charge in [0.2, 0.25) is 0 Å². The molecule has 4 N–H and O–H groups in total. The van der Waals surface area contributed by atoms with Gasteiger partial charge in [0.15, 0.2) is 0 Å². The van der Waals surface area contributed by atoms with Crippen molar-refractivity contribution >= 4 is 40.8 Å². The zero-order valence-electron chi connectivity index (χ0n) is 17.4. The summed E-state index contributed by atoms with van der Waals surface area (Å²) in [7, 11) is 0. The first kappa shape index (κ1) is 24.5. The summed E-state index contributed by atoms with van der Waals surface area (Å²) in [6.45, 7) is 8.02. The molecule has 0 heterocycles. The monoisotopic (exact) mass is 461 g/mol. The summed E-state index contributed by atoms with van der Waals surface area (Å²) in [4.78, 5) is 23.3. The van der Waals surface area contributed by atoms with Crippen LogP contribution in [0.1, 0.15) is 42.6 Å². The van der Waals surface area contributed by atoms with Crippen molar-refractivity contribution in [3.63, 3.8) is 0 Å². The van der Waals surface area contributed by atoms with Gasteiger partial charge in [-0.15, -0.1) is 0 Å². The summed E-state index contributed by atoms with van der Waals surface area (Å²) >= 11 is 11.8. The van der Waals surface area contributed by atoms with Crippen LogP contribution in [0.3, 0.4) is 0 Å². The van der Waals surface area contributed by atoms with Gasteiger partial charge >= 0.3 is 5.97 Å². The van der Waals surface area contributed by atoms with E-state index in [1.165, 1.54) is 6.07 Å². The van der Waals surface area contributed by atoms with Crippen LogP contribution in [0.5, 0.6) is 0 Å². The zero-order valence-corrected chi connectivity index (χ0v) is 18.9. The number of allylic oxidation sites excluding steroid dienone is 3. The third-order valence-electron chi connectivity index (χ3n) is 4.72. The van der Waals surface area contributed by atoms with Gasteiger partial charge in [-0.25, -0.2) is 5.84 Å². The van der Waals surface area contributed by atoms with Gasteiger partial charge < -0.3 is 15.4 Å². The highest BCUT2D eigenvalue weighted by Gasteiger charge is 2.12. The summed E-state index contributed by atoms with van der Waals surface area (Å²) in [6, 6.07) is 12.0. The number of carboxylic acid groups (broad SMARTS) is 1. The fraction of sp³-hybridized carbons (Fsp3) is 0.217. The Labute approximate surface area is 191 Å². The average Bonchev–Trinajstić information content (AvgIpc) is 2.70. The van der Waals surface area contributed by atoms with Gasteiger partial charge in [0.25, 0.3) is 5.91 Å². The van der Waals surface area contributed by atoms with Crippen molar-refractivity contribution in [3.8, 4) is 0 Å². The number of amides is 1. The molecule has 0 saturated carbocycles. The second-order valence-electron chi connectivity index (χ2n) is 7.15. The quantitative estimate of drug-likeness (QED) is 0.255. The summed E-state index contributed by atoms with van der Waals surface area (Å²) in [5.74, 6) is 5.05. The van der Waals surface area contributed by atoms with Crippen LogP contribution in [0.4, 0.5) is 5.69 Å². The van der Waals surface area contributed by atoms with Crippen molar-refractivity contribution < 1.29 is 14.7 Å². The largest absolute Gasteiger partial charge is 0.481 e. The van der Waals surface area contributed by atoms with Crippen molar-refractivity contribution in [1.82, 2.24) is 5.01 Å². The smallest absolute Gasteiger partial charge is 0.303 e. The lowest BCUT2D eigenvalue weighted by Gasteiger charge is -2.23. The fourth-order valence-electron chi connectivity index (χ4n) is 2.96. The molecular formula is C23H25Cl2N3O3. The molecule has 0 aliphatic rings. The summed E-state index contributed by atoms with van der Waals surface area (Å²) in [5.41, 5.74) is 4.34. The molecular weight excluding hydrogens is 437 g/mol. The molecule has 2 aromatic carbocycles. The van der Waals surface area contributed by atoms with Crippen molar-refractivity contribution in [1.29, 1.82) is 0 Å². The second kappa shape index (κ2) is 11.0. The predicted octanol–water partition coefficient (Wildman–Crippen LogP) is 5.64. The summed E-state index contributed by atoms with van der Waals surface area (Å²) < 4.78 is 0. The van der Waals surface area contributed by atoms with Crippen LogP contribution in [-0.2, 0) is 11.3 Å². The third-order valence-corrected chi connectivity index (χ3v) is 5.46. The number of hydrazine groups is 1. The van der Waals surface area contributed by atoms with Crippen LogP contribution < -0.4 is 11.2 Å². The highest BCUT2D eigenvalue weighted by molar-refractivity contribution is 6.42. The van der Waals surface area contributed by atoms with E-state index in [0.29, 0.717) is 34.3 Å². The number of anilines is 1. The first-order chi connectivity index (χ1) is 14.6. The highest BCUT2D eigenvalue weighted by Crippen LogP contribution is 2.24. The number of aliphatic carboxylic acids is 1. The number of rotatable bonds is 9. The number of hydrogen-bond donors (Lipinski definition) is 3. The molecule has 0 fully saturated rings. The molecule has 2 rings (SSSR count). The standard InChI is InChI=1S/C23H25Cl2N3O3/c1-14(2)19(9-11-22(29)30)15(3)28(26)13-16-4-7-18(8-5-16)27-23(31)17-6-10-20(24)21(25)12-17/h4-8,10,12H,1,9,11,13,26H2,2-3H3,(H,27,31)(H,29,30)/b19-15-. The molecule has 0 atom stereocenters. The molecule has 0 radical (unpaired) electrons. The Morgan fingerprint density at radius 1 is 1.06 bits per heavy atom. The van der Waals surface area contributed by atoms with Gasteiger partial charge in [0.1, 0.15) is 0 Å².